The molecule has 1 aromatic heterocycles. The van der Waals surface area contributed by atoms with E-state index < -0.39 is 0 Å². The third-order valence-corrected chi connectivity index (χ3v) is 2.51. The summed E-state index contributed by atoms with van der Waals surface area (Å²) in [5.74, 6) is 0.733. The molecule has 0 aliphatic heterocycles. The van der Waals surface area contributed by atoms with E-state index in [1.807, 2.05) is 42.5 Å². The highest BCUT2D eigenvalue weighted by atomic mass is 16.1. The highest BCUT2D eigenvalue weighted by molar-refractivity contribution is 5.92. The monoisotopic (exact) mass is 241 g/mol. The number of benzene rings is 1. The van der Waals surface area contributed by atoms with Gasteiger partial charge in [-0.15, -0.1) is 0 Å². The van der Waals surface area contributed by atoms with Crippen molar-refractivity contribution >= 4 is 17.4 Å². The molecule has 4 heteroatoms. The summed E-state index contributed by atoms with van der Waals surface area (Å²) in [7, 11) is 1.80. The van der Waals surface area contributed by atoms with Crippen molar-refractivity contribution in [1.29, 1.82) is 0 Å². The SMILES string of the molecule is CNc1ccc(NC(=O)Cc2ccccc2)cn1. The van der Waals surface area contributed by atoms with E-state index in [2.05, 4.69) is 15.6 Å². The van der Waals surface area contributed by atoms with Crippen molar-refractivity contribution in [3.8, 4) is 0 Å². The number of nitrogens with zero attached hydrogens (tertiary/aromatic N) is 1. The number of rotatable bonds is 4. The van der Waals surface area contributed by atoms with Gasteiger partial charge in [0.05, 0.1) is 18.3 Å². The van der Waals surface area contributed by atoms with Gasteiger partial charge in [0.2, 0.25) is 5.91 Å². The van der Waals surface area contributed by atoms with E-state index in [0.717, 1.165) is 11.4 Å². The number of nitrogens with one attached hydrogen (secondary N) is 2. The Morgan fingerprint density at radius 3 is 2.56 bits per heavy atom. The Hall–Kier alpha value is -2.36. The molecule has 0 radical (unpaired) electrons. The third kappa shape index (κ3) is 3.31. The molecule has 1 heterocycles. The Bertz CT molecular complexity index is 508. The van der Waals surface area contributed by atoms with E-state index in [4.69, 9.17) is 0 Å². The first kappa shape index (κ1) is 12.1. The average Bonchev–Trinajstić information content (AvgIpc) is 2.40. The van der Waals surface area contributed by atoms with Gasteiger partial charge >= 0.3 is 0 Å². The predicted octanol–water partition coefficient (Wildman–Crippen LogP) is 2.30. The molecule has 0 aliphatic carbocycles. The number of carbonyl (C=O) groups excluding carboxylic acids is 1. The molecule has 0 fully saturated rings. The molecule has 1 amide bonds. The first-order valence-corrected chi connectivity index (χ1v) is 5.75. The Morgan fingerprint density at radius 2 is 1.94 bits per heavy atom. The van der Waals surface area contributed by atoms with Crippen LogP contribution in [0.1, 0.15) is 5.56 Å². The largest absolute Gasteiger partial charge is 0.373 e. The molecule has 0 spiro atoms. The van der Waals surface area contributed by atoms with Crippen LogP contribution in [-0.2, 0) is 11.2 Å². The lowest BCUT2D eigenvalue weighted by atomic mass is 10.1. The van der Waals surface area contributed by atoms with Crippen LogP contribution < -0.4 is 10.6 Å². The van der Waals surface area contributed by atoms with Crippen LogP contribution in [0.4, 0.5) is 11.5 Å². The minimum atomic E-state index is -0.0415. The van der Waals surface area contributed by atoms with Gasteiger partial charge in [-0.2, -0.15) is 0 Å². The van der Waals surface area contributed by atoms with Crippen LogP contribution in [-0.4, -0.2) is 17.9 Å². The van der Waals surface area contributed by atoms with Crippen molar-refractivity contribution in [2.24, 2.45) is 0 Å². The van der Waals surface area contributed by atoms with Crippen LogP contribution in [0.5, 0.6) is 0 Å². The van der Waals surface area contributed by atoms with Crippen molar-refractivity contribution in [2.45, 2.75) is 6.42 Å². The van der Waals surface area contributed by atoms with E-state index in [0.29, 0.717) is 12.1 Å². The normalized spacial score (nSPS) is 9.83. The lowest BCUT2D eigenvalue weighted by molar-refractivity contribution is -0.115. The first-order chi connectivity index (χ1) is 8.78. The lowest BCUT2D eigenvalue weighted by Crippen LogP contribution is -2.14. The van der Waals surface area contributed by atoms with E-state index in [1.54, 1.807) is 13.2 Å². The smallest absolute Gasteiger partial charge is 0.228 e. The second-order valence-electron chi connectivity index (χ2n) is 3.89. The molecular formula is C14H15N3O. The number of anilines is 2. The summed E-state index contributed by atoms with van der Waals surface area (Å²) < 4.78 is 0. The molecular weight excluding hydrogens is 226 g/mol. The summed E-state index contributed by atoms with van der Waals surface area (Å²) >= 11 is 0. The average molecular weight is 241 g/mol. The zero-order chi connectivity index (χ0) is 12.8. The van der Waals surface area contributed by atoms with Crippen LogP contribution in [0.3, 0.4) is 0 Å². The Balaban J connectivity index is 1.94. The number of amides is 1. The van der Waals surface area contributed by atoms with Crippen molar-refractivity contribution in [3.63, 3.8) is 0 Å². The minimum Gasteiger partial charge on any atom is -0.373 e. The molecule has 18 heavy (non-hydrogen) atoms. The summed E-state index contributed by atoms with van der Waals surface area (Å²) in [6.45, 7) is 0. The molecule has 2 aromatic rings. The van der Waals surface area contributed by atoms with Crippen LogP contribution in [0, 0.1) is 0 Å². The zero-order valence-electron chi connectivity index (χ0n) is 10.2. The molecule has 0 atom stereocenters. The quantitative estimate of drug-likeness (QED) is 0.863. The summed E-state index contributed by atoms with van der Waals surface area (Å²) in [5.41, 5.74) is 1.70. The van der Waals surface area contributed by atoms with Gasteiger partial charge in [-0.25, -0.2) is 4.98 Å². The fourth-order valence-corrected chi connectivity index (χ4v) is 1.60. The molecule has 0 saturated carbocycles. The molecule has 0 unspecified atom stereocenters. The Labute approximate surface area is 106 Å². The second kappa shape index (κ2) is 5.82. The zero-order valence-corrected chi connectivity index (χ0v) is 10.2. The maximum atomic E-state index is 11.8. The van der Waals surface area contributed by atoms with Gasteiger partial charge in [0.1, 0.15) is 5.82 Å². The van der Waals surface area contributed by atoms with Gasteiger partial charge in [0.15, 0.2) is 0 Å². The van der Waals surface area contributed by atoms with E-state index in [9.17, 15) is 4.79 Å². The molecule has 4 nitrogen and oxygen atoms in total. The molecule has 0 bridgehead atoms. The van der Waals surface area contributed by atoms with Crippen molar-refractivity contribution in [1.82, 2.24) is 4.98 Å². The van der Waals surface area contributed by atoms with E-state index >= 15 is 0 Å². The third-order valence-electron chi connectivity index (χ3n) is 2.51. The molecule has 92 valence electrons. The Kier molecular flexibility index (Phi) is 3.91. The standard InChI is InChI=1S/C14H15N3O/c1-15-13-8-7-12(10-16-13)17-14(18)9-11-5-3-2-4-6-11/h2-8,10H,9H2,1H3,(H,15,16)(H,17,18). The topological polar surface area (TPSA) is 54.0 Å². The van der Waals surface area contributed by atoms with Crippen molar-refractivity contribution < 1.29 is 4.79 Å². The molecule has 0 saturated heterocycles. The van der Waals surface area contributed by atoms with Gasteiger partial charge in [-0.3, -0.25) is 4.79 Å². The molecule has 2 N–H and O–H groups in total. The number of hydrogen-bond acceptors (Lipinski definition) is 3. The molecule has 0 aliphatic rings. The van der Waals surface area contributed by atoms with Crippen LogP contribution >= 0.6 is 0 Å². The van der Waals surface area contributed by atoms with Gasteiger partial charge in [0, 0.05) is 7.05 Å². The van der Waals surface area contributed by atoms with Crippen molar-refractivity contribution in [2.75, 3.05) is 17.7 Å². The van der Waals surface area contributed by atoms with E-state index in [1.165, 1.54) is 0 Å². The summed E-state index contributed by atoms with van der Waals surface area (Å²) in [5, 5.41) is 5.74. The molecule has 1 aromatic carbocycles. The van der Waals surface area contributed by atoms with E-state index in [-0.39, 0.29) is 5.91 Å². The van der Waals surface area contributed by atoms with Gasteiger partial charge in [-0.1, -0.05) is 30.3 Å². The van der Waals surface area contributed by atoms with Gasteiger partial charge in [-0.05, 0) is 17.7 Å². The van der Waals surface area contributed by atoms with Crippen LogP contribution in [0.2, 0.25) is 0 Å². The number of pyridine rings is 1. The summed E-state index contributed by atoms with van der Waals surface area (Å²) in [6.07, 6.45) is 2.00. The number of aromatic nitrogens is 1. The fourth-order valence-electron chi connectivity index (χ4n) is 1.60. The number of hydrogen-bond donors (Lipinski definition) is 2. The van der Waals surface area contributed by atoms with Gasteiger partial charge < -0.3 is 10.6 Å². The Morgan fingerprint density at radius 1 is 1.17 bits per heavy atom. The minimum absolute atomic E-state index is 0.0415. The van der Waals surface area contributed by atoms with Crippen LogP contribution in [0.15, 0.2) is 48.7 Å². The van der Waals surface area contributed by atoms with Crippen LogP contribution in [0.25, 0.3) is 0 Å². The first-order valence-electron chi connectivity index (χ1n) is 5.75. The predicted molar refractivity (Wildman–Crippen MR) is 72.6 cm³/mol. The fraction of sp³-hybridized carbons (Fsp3) is 0.143. The number of carbonyl (C=O) groups is 1. The maximum Gasteiger partial charge on any atom is 0.228 e. The maximum absolute atomic E-state index is 11.8. The van der Waals surface area contributed by atoms with Crippen molar-refractivity contribution in [3.05, 3.63) is 54.2 Å². The highest BCUT2D eigenvalue weighted by Crippen LogP contribution is 2.09. The second-order valence-corrected chi connectivity index (χ2v) is 3.89. The van der Waals surface area contributed by atoms with Gasteiger partial charge in [0.25, 0.3) is 0 Å². The highest BCUT2D eigenvalue weighted by Gasteiger charge is 2.03. The lowest BCUT2D eigenvalue weighted by Gasteiger charge is -2.05. The summed E-state index contributed by atoms with van der Waals surface area (Å²) in [6, 6.07) is 13.3. The summed E-state index contributed by atoms with van der Waals surface area (Å²) in [4.78, 5) is 15.9. The molecule has 2 rings (SSSR count).